The fraction of sp³-hybridized carbons (Fsp3) is 0.500. The zero-order valence-corrected chi connectivity index (χ0v) is 17.5. The van der Waals surface area contributed by atoms with E-state index in [0.717, 1.165) is 13.0 Å². The van der Waals surface area contributed by atoms with Gasteiger partial charge in [-0.25, -0.2) is 0 Å². The first-order valence-corrected chi connectivity index (χ1v) is 10.4. The van der Waals surface area contributed by atoms with Crippen molar-refractivity contribution in [2.75, 3.05) is 51.6 Å². The molecule has 3 heteroatoms. The number of aryl methyl sites for hydroxylation is 1. The summed E-state index contributed by atoms with van der Waals surface area (Å²) in [4.78, 5) is 5.00. The van der Waals surface area contributed by atoms with Gasteiger partial charge in [-0.2, -0.15) is 0 Å². The predicted octanol–water partition coefficient (Wildman–Crippen LogP) is 4.52. The third-order valence-corrected chi connectivity index (χ3v) is 5.54. The van der Waals surface area contributed by atoms with E-state index in [0.29, 0.717) is 5.92 Å². The molecule has 0 aliphatic carbocycles. The first-order valence-electron chi connectivity index (χ1n) is 10.4. The Morgan fingerprint density at radius 2 is 1.59 bits per heavy atom. The molecule has 1 N–H and O–H groups in total. The van der Waals surface area contributed by atoms with Gasteiger partial charge >= 0.3 is 0 Å². The molecular weight excluding hydrogens is 330 g/mol. The van der Waals surface area contributed by atoms with Crippen molar-refractivity contribution in [3.63, 3.8) is 0 Å². The van der Waals surface area contributed by atoms with E-state index in [1.54, 1.807) is 0 Å². The highest BCUT2D eigenvalue weighted by atomic mass is 15.2. The Bertz CT molecular complexity index is 713. The van der Waals surface area contributed by atoms with Crippen molar-refractivity contribution in [1.82, 2.24) is 9.80 Å². The van der Waals surface area contributed by atoms with Gasteiger partial charge in [0, 0.05) is 45.0 Å². The lowest BCUT2D eigenvalue weighted by molar-refractivity contribution is 0.155. The molecule has 2 aromatic rings. The molecule has 0 atom stereocenters. The van der Waals surface area contributed by atoms with Crippen molar-refractivity contribution >= 4 is 5.69 Å². The van der Waals surface area contributed by atoms with E-state index in [4.69, 9.17) is 0 Å². The Labute approximate surface area is 165 Å². The topological polar surface area (TPSA) is 18.5 Å². The van der Waals surface area contributed by atoms with E-state index in [-0.39, 0.29) is 0 Å². The molecule has 1 heterocycles. The van der Waals surface area contributed by atoms with Crippen molar-refractivity contribution in [1.29, 1.82) is 0 Å². The van der Waals surface area contributed by atoms with Crippen LogP contribution in [0.5, 0.6) is 0 Å². The molecule has 146 valence electrons. The number of hydrogen-bond acceptors (Lipinski definition) is 3. The van der Waals surface area contributed by atoms with Crippen LogP contribution < -0.4 is 5.32 Å². The van der Waals surface area contributed by atoms with Gasteiger partial charge < -0.3 is 15.1 Å². The zero-order valence-electron chi connectivity index (χ0n) is 17.5. The van der Waals surface area contributed by atoms with Crippen molar-refractivity contribution in [2.45, 2.75) is 27.2 Å². The van der Waals surface area contributed by atoms with Crippen LogP contribution in [0.4, 0.5) is 5.69 Å². The summed E-state index contributed by atoms with van der Waals surface area (Å²) in [5.74, 6) is 0.646. The van der Waals surface area contributed by atoms with Crippen LogP contribution in [0.15, 0.2) is 42.5 Å². The second-order valence-electron chi connectivity index (χ2n) is 8.40. The Hall–Kier alpha value is -1.84. The molecule has 0 radical (unpaired) electrons. The van der Waals surface area contributed by atoms with E-state index >= 15 is 0 Å². The highest BCUT2D eigenvalue weighted by molar-refractivity contribution is 5.70. The largest absolute Gasteiger partial charge is 0.385 e. The minimum Gasteiger partial charge on any atom is -0.385 e. The molecule has 0 spiro atoms. The third-order valence-electron chi connectivity index (χ3n) is 5.54. The SMILES string of the molecule is Cc1ccc(-c2ccc(CCN3CCN(C)CC3)cc2)cc1NCC(C)C. The summed E-state index contributed by atoms with van der Waals surface area (Å²) < 4.78 is 0. The second kappa shape index (κ2) is 9.38. The smallest absolute Gasteiger partial charge is 0.0376 e. The summed E-state index contributed by atoms with van der Waals surface area (Å²) in [6.45, 7) is 13.6. The van der Waals surface area contributed by atoms with Gasteiger partial charge in [-0.3, -0.25) is 0 Å². The van der Waals surface area contributed by atoms with Crippen molar-refractivity contribution in [3.8, 4) is 11.1 Å². The minimum atomic E-state index is 0.646. The van der Waals surface area contributed by atoms with Crippen molar-refractivity contribution in [3.05, 3.63) is 53.6 Å². The molecule has 0 aromatic heterocycles. The first-order chi connectivity index (χ1) is 13.0. The number of anilines is 1. The van der Waals surface area contributed by atoms with E-state index in [2.05, 4.69) is 85.4 Å². The van der Waals surface area contributed by atoms with Crippen LogP contribution in [0.3, 0.4) is 0 Å². The fourth-order valence-electron chi connectivity index (χ4n) is 3.53. The molecule has 3 rings (SSSR count). The number of piperazine rings is 1. The molecule has 0 unspecified atom stereocenters. The van der Waals surface area contributed by atoms with Gasteiger partial charge in [0.2, 0.25) is 0 Å². The molecule has 27 heavy (non-hydrogen) atoms. The number of nitrogens with zero attached hydrogens (tertiary/aromatic N) is 2. The monoisotopic (exact) mass is 365 g/mol. The van der Waals surface area contributed by atoms with Crippen molar-refractivity contribution in [2.24, 2.45) is 5.92 Å². The maximum atomic E-state index is 3.58. The first kappa shape index (κ1) is 19.9. The lowest BCUT2D eigenvalue weighted by atomic mass is 10.0. The lowest BCUT2D eigenvalue weighted by Gasteiger charge is -2.32. The molecule has 2 aromatic carbocycles. The van der Waals surface area contributed by atoms with Crippen molar-refractivity contribution < 1.29 is 0 Å². The molecule has 1 aliphatic rings. The number of likely N-dealkylation sites (N-methyl/N-ethyl adjacent to an activating group) is 1. The lowest BCUT2D eigenvalue weighted by Crippen LogP contribution is -2.45. The van der Waals surface area contributed by atoms with Gasteiger partial charge in [0.25, 0.3) is 0 Å². The van der Waals surface area contributed by atoms with Crippen LogP contribution in [0.1, 0.15) is 25.0 Å². The number of hydrogen-bond donors (Lipinski definition) is 1. The molecule has 0 bridgehead atoms. The van der Waals surface area contributed by atoms with Crippen LogP contribution in [-0.4, -0.2) is 56.1 Å². The molecule has 1 fully saturated rings. The standard InChI is InChI=1S/C24H35N3/c1-19(2)18-25-24-17-23(8-5-20(24)3)22-9-6-21(7-10-22)11-12-27-15-13-26(4)14-16-27/h5-10,17,19,25H,11-16,18H2,1-4H3. The van der Waals surface area contributed by atoms with Gasteiger partial charge in [-0.05, 0) is 54.6 Å². The molecule has 0 amide bonds. The molecule has 1 saturated heterocycles. The number of nitrogens with one attached hydrogen (secondary N) is 1. The Morgan fingerprint density at radius 3 is 2.26 bits per heavy atom. The van der Waals surface area contributed by atoms with Gasteiger partial charge in [0.1, 0.15) is 0 Å². The van der Waals surface area contributed by atoms with Crippen LogP contribution in [0, 0.1) is 12.8 Å². The third kappa shape index (κ3) is 5.82. The van der Waals surface area contributed by atoms with E-state index < -0.39 is 0 Å². The quantitative estimate of drug-likeness (QED) is 0.778. The maximum Gasteiger partial charge on any atom is 0.0376 e. The molecule has 1 aliphatic heterocycles. The summed E-state index contributed by atoms with van der Waals surface area (Å²) in [6, 6.07) is 15.9. The molecule has 3 nitrogen and oxygen atoms in total. The Morgan fingerprint density at radius 1 is 0.926 bits per heavy atom. The summed E-state index contributed by atoms with van der Waals surface area (Å²) in [6.07, 6.45) is 1.14. The van der Waals surface area contributed by atoms with Gasteiger partial charge in [-0.15, -0.1) is 0 Å². The summed E-state index contributed by atoms with van der Waals surface area (Å²) in [5, 5.41) is 3.58. The van der Waals surface area contributed by atoms with Gasteiger partial charge in [0.15, 0.2) is 0 Å². The van der Waals surface area contributed by atoms with Gasteiger partial charge in [0.05, 0.1) is 0 Å². The average molecular weight is 366 g/mol. The fourth-order valence-corrected chi connectivity index (χ4v) is 3.53. The molecule has 0 saturated carbocycles. The van der Waals surface area contributed by atoms with Crippen LogP contribution in [0.2, 0.25) is 0 Å². The number of rotatable bonds is 7. The number of benzene rings is 2. The summed E-state index contributed by atoms with van der Waals surface area (Å²) >= 11 is 0. The second-order valence-corrected chi connectivity index (χ2v) is 8.40. The average Bonchev–Trinajstić information content (AvgIpc) is 2.67. The highest BCUT2D eigenvalue weighted by Gasteiger charge is 2.13. The van der Waals surface area contributed by atoms with Crippen LogP contribution in [-0.2, 0) is 6.42 Å². The summed E-state index contributed by atoms with van der Waals surface area (Å²) in [7, 11) is 2.21. The Kier molecular flexibility index (Phi) is 6.92. The van der Waals surface area contributed by atoms with E-state index in [1.165, 1.54) is 60.7 Å². The maximum absolute atomic E-state index is 3.58. The van der Waals surface area contributed by atoms with Crippen LogP contribution in [0.25, 0.3) is 11.1 Å². The Balaban J connectivity index is 1.60. The zero-order chi connectivity index (χ0) is 19.2. The van der Waals surface area contributed by atoms with Crippen LogP contribution >= 0.6 is 0 Å². The normalized spacial score (nSPS) is 16.0. The van der Waals surface area contributed by atoms with E-state index in [9.17, 15) is 0 Å². The summed E-state index contributed by atoms with van der Waals surface area (Å²) in [5.41, 5.74) is 6.58. The predicted molar refractivity (Wildman–Crippen MR) is 118 cm³/mol. The minimum absolute atomic E-state index is 0.646. The van der Waals surface area contributed by atoms with E-state index in [1.807, 2.05) is 0 Å². The molecular formula is C24H35N3. The van der Waals surface area contributed by atoms with Gasteiger partial charge in [-0.1, -0.05) is 50.2 Å². The highest BCUT2D eigenvalue weighted by Crippen LogP contribution is 2.26.